The Bertz CT molecular complexity index is 1810. The Morgan fingerprint density at radius 1 is 0.247 bits per heavy atom. The average molecular weight is 1120 g/mol. The van der Waals surface area contributed by atoms with Crippen LogP contribution in [0.4, 0.5) is 0 Å². The highest BCUT2D eigenvalue weighted by atomic mass is 16.6. The normalized spacial score (nSPS) is 13.2. The molecule has 0 rings (SSSR count). The molecule has 0 saturated heterocycles. The van der Waals surface area contributed by atoms with E-state index in [0.717, 1.165) is 173 Å². The van der Waals surface area contributed by atoms with Crippen molar-refractivity contribution in [3.8, 4) is 0 Å². The summed E-state index contributed by atoms with van der Waals surface area (Å²) < 4.78 is 16.9. The molecule has 0 aromatic heterocycles. The van der Waals surface area contributed by atoms with Crippen molar-refractivity contribution in [3.05, 3.63) is 158 Å². The molecule has 0 aromatic rings. The van der Waals surface area contributed by atoms with Gasteiger partial charge < -0.3 is 14.2 Å². The van der Waals surface area contributed by atoms with E-state index in [9.17, 15) is 14.4 Å². The highest BCUT2D eigenvalue weighted by Gasteiger charge is 2.19. The Morgan fingerprint density at radius 3 is 0.691 bits per heavy atom. The standard InChI is InChI=1S/C75H120O6/c1-4-7-10-13-16-19-22-25-28-30-31-32-33-34-35-36-37-38-39-40-41-42-43-45-47-50-53-56-59-62-65-68-74(77)80-71-72(70-79-73(76)67-64-61-58-55-52-49-46-27-24-21-18-15-12-9-6-3)81-75(78)69-66-63-60-57-54-51-48-44-29-26-23-20-17-14-11-8-5-2/h7-12,16-21,25-29,31-32,34-35,37-38,46,48,51,72H,4-6,13-15,22-24,30,33,36,39-45,47,49-50,52-71H2,1-3H3/b10-7-,11-8-,12-9-,19-16-,20-17-,21-18-,28-25-,29-26-,32-31-,35-34-,38-37-,46-27-,51-48-. The highest BCUT2D eigenvalue weighted by Crippen LogP contribution is 2.15. The lowest BCUT2D eigenvalue weighted by Crippen LogP contribution is -2.30. The SMILES string of the molecule is CC/C=C\C/C=C\C/C=C\C/C=C\C/C=C\C/C=C\CCCCCCCCCCCCCCC(=O)OCC(COC(=O)CCCCCCC/C=C\C/C=C\C/C=C\CC)OC(=O)CCCCCC/C=C\C/C=C\C/C=C\C/C=C\CC. The predicted octanol–water partition coefficient (Wildman–Crippen LogP) is 22.9. The van der Waals surface area contributed by atoms with Gasteiger partial charge in [0, 0.05) is 19.3 Å². The largest absolute Gasteiger partial charge is 0.462 e. The highest BCUT2D eigenvalue weighted by molar-refractivity contribution is 5.71. The lowest BCUT2D eigenvalue weighted by Gasteiger charge is -2.18. The Kier molecular flexibility index (Phi) is 63.4. The van der Waals surface area contributed by atoms with Crippen molar-refractivity contribution in [2.24, 2.45) is 0 Å². The van der Waals surface area contributed by atoms with Crippen LogP contribution in [0.25, 0.3) is 0 Å². The third-order valence-electron chi connectivity index (χ3n) is 13.5. The number of carbonyl (C=O) groups is 3. The van der Waals surface area contributed by atoms with Crippen LogP contribution in [-0.4, -0.2) is 37.2 Å². The molecule has 1 atom stereocenters. The fourth-order valence-electron chi connectivity index (χ4n) is 8.69. The van der Waals surface area contributed by atoms with Gasteiger partial charge in [-0.2, -0.15) is 0 Å². The van der Waals surface area contributed by atoms with E-state index in [0.29, 0.717) is 19.3 Å². The molecule has 0 N–H and O–H groups in total. The Labute approximate surface area is 499 Å². The molecule has 0 aliphatic rings. The van der Waals surface area contributed by atoms with Crippen LogP contribution in [-0.2, 0) is 28.6 Å². The summed E-state index contributed by atoms with van der Waals surface area (Å²) in [5.41, 5.74) is 0. The van der Waals surface area contributed by atoms with E-state index in [1.165, 1.54) is 64.2 Å². The molecule has 6 heteroatoms. The number of rotatable bonds is 58. The topological polar surface area (TPSA) is 78.9 Å². The van der Waals surface area contributed by atoms with Crippen LogP contribution >= 0.6 is 0 Å². The van der Waals surface area contributed by atoms with Gasteiger partial charge in [0.2, 0.25) is 0 Å². The van der Waals surface area contributed by atoms with E-state index in [1.54, 1.807) is 0 Å². The summed E-state index contributed by atoms with van der Waals surface area (Å²) in [5.74, 6) is -0.944. The van der Waals surface area contributed by atoms with Gasteiger partial charge in [0.05, 0.1) is 0 Å². The Balaban J connectivity index is 4.34. The van der Waals surface area contributed by atoms with Gasteiger partial charge in [0.1, 0.15) is 13.2 Å². The summed E-state index contributed by atoms with van der Waals surface area (Å²) in [6, 6.07) is 0. The monoisotopic (exact) mass is 1120 g/mol. The number of hydrogen-bond acceptors (Lipinski definition) is 6. The van der Waals surface area contributed by atoms with Crippen molar-refractivity contribution in [1.29, 1.82) is 0 Å². The molecule has 0 fully saturated rings. The summed E-state index contributed by atoms with van der Waals surface area (Å²) in [6.45, 7) is 6.27. The molecule has 456 valence electrons. The minimum Gasteiger partial charge on any atom is -0.462 e. The molecule has 81 heavy (non-hydrogen) atoms. The van der Waals surface area contributed by atoms with Crippen molar-refractivity contribution < 1.29 is 28.6 Å². The number of unbranched alkanes of at least 4 members (excludes halogenated alkanes) is 21. The maximum absolute atomic E-state index is 12.9. The molecule has 1 unspecified atom stereocenters. The zero-order valence-electron chi connectivity index (χ0n) is 52.2. The van der Waals surface area contributed by atoms with Crippen molar-refractivity contribution >= 4 is 17.9 Å². The maximum atomic E-state index is 12.9. The van der Waals surface area contributed by atoms with Gasteiger partial charge >= 0.3 is 17.9 Å². The van der Waals surface area contributed by atoms with Crippen LogP contribution < -0.4 is 0 Å². The van der Waals surface area contributed by atoms with E-state index >= 15 is 0 Å². The summed E-state index contributed by atoms with van der Waals surface area (Å²) in [7, 11) is 0. The predicted molar refractivity (Wildman–Crippen MR) is 352 cm³/mol. The molecular formula is C75H120O6. The second-order valence-electron chi connectivity index (χ2n) is 21.2. The van der Waals surface area contributed by atoms with E-state index in [4.69, 9.17) is 14.2 Å². The molecular weight excluding hydrogens is 997 g/mol. The first-order valence-electron chi connectivity index (χ1n) is 33.0. The van der Waals surface area contributed by atoms with E-state index in [1.807, 2.05) is 0 Å². The molecule has 0 aliphatic heterocycles. The van der Waals surface area contributed by atoms with Crippen molar-refractivity contribution in [3.63, 3.8) is 0 Å². The smallest absolute Gasteiger partial charge is 0.306 e. The van der Waals surface area contributed by atoms with Gasteiger partial charge in [-0.1, -0.05) is 275 Å². The third-order valence-corrected chi connectivity index (χ3v) is 13.5. The van der Waals surface area contributed by atoms with Gasteiger partial charge in [-0.25, -0.2) is 0 Å². The molecule has 0 aromatic carbocycles. The number of ether oxygens (including phenoxy) is 3. The first kappa shape index (κ1) is 76.0. The summed E-state index contributed by atoms with van der Waals surface area (Å²) in [6.07, 6.45) is 98.3. The number of hydrogen-bond donors (Lipinski definition) is 0. The molecule has 0 amide bonds. The van der Waals surface area contributed by atoms with Crippen LogP contribution in [0.3, 0.4) is 0 Å². The Hall–Kier alpha value is -4.97. The fourth-order valence-corrected chi connectivity index (χ4v) is 8.69. The van der Waals surface area contributed by atoms with Crippen LogP contribution in [0.15, 0.2) is 158 Å². The molecule has 6 nitrogen and oxygen atoms in total. The quantitative estimate of drug-likeness (QED) is 0.0261. The van der Waals surface area contributed by atoms with Gasteiger partial charge in [-0.15, -0.1) is 0 Å². The van der Waals surface area contributed by atoms with E-state index < -0.39 is 6.10 Å². The summed E-state index contributed by atoms with van der Waals surface area (Å²) in [4.78, 5) is 38.3. The minimum absolute atomic E-state index is 0.1000. The number of carbonyl (C=O) groups excluding carboxylic acids is 3. The third kappa shape index (κ3) is 65.7. The average Bonchev–Trinajstić information content (AvgIpc) is 3.47. The number of allylic oxidation sites excluding steroid dienone is 26. The first-order chi connectivity index (χ1) is 40.0. The maximum Gasteiger partial charge on any atom is 0.306 e. The molecule has 0 heterocycles. The van der Waals surface area contributed by atoms with Gasteiger partial charge in [0.25, 0.3) is 0 Å². The second kappa shape index (κ2) is 67.5. The first-order valence-corrected chi connectivity index (χ1v) is 33.0. The zero-order chi connectivity index (χ0) is 58.5. The minimum atomic E-state index is -0.807. The molecule has 0 spiro atoms. The van der Waals surface area contributed by atoms with Crippen molar-refractivity contribution in [2.45, 2.75) is 284 Å². The molecule has 0 bridgehead atoms. The zero-order valence-corrected chi connectivity index (χ0v) is 52.2. The van der Waals surface area contributed by atoms with Crippen LogP contribution in [0.2, 0.25) is 0 Å². The molecule has 0 saturated carbocycles. The van der Waals surface area contributed by atoms with Crippen LogP contribution in [0.5, 0.6) is 0 Å². The number of esters is 3. The van der Waals surface area contributed by atoms with Crippen LogP contribution in [0.1, 0.15) is 278 Å². The lowest BCUT2D eigenvalue weighted by molar-refractivity contribution is -0.167. The van der Waals surface area contributed by atoms with Gasteiger partial charge in [-0.3, -0.25) is 14.4 Å². The van der Waals surface area contributed by atoms with Gasteiger partial charge in [0.15, 0.2) is 6.10 Å². The fraction of sp³-hybridized carbons (Fsp3) is 0.613. The van der Waals surface area contributed by atoms with Crippen molar-refractivity contribution in [2.75, 3.05) is 13.2 Å². The van der Waals surface area contributed by atoms with Crippen molar-refractivity contribution in [1.82, 2.24) is 0 Å². The molecule has 0 aliphatic carbocycles. The Morgan fingerprint density at radius 2 is 0.444 bits per heavy atom. The second-order valence-corrected chi connectivity index (χ2v) is 21.2. The van der Waals surface area contributed by atoms with Crippen LogP contribution in [0, 0.1) is 0 Å². The van der Waals surface area contributed by atoms with E-state index in [-0.39, 0.29) is 31.1 Å². The van der Waals surface area contributed by atoms with Gasteiger partial charge in [-0.05, 0) is 141 Å². The summed E-state index contributed by atoms with van der Waals surface area (Å²) in [5, 5.41) is 0. The van der Waals surface area contributed by atoms with E-state index in [2.05, 4.69) is 179 Å². The lowest BCUT2D eigenvalue weighted by atomic mass is 10.0. The molecule has 0 radical (unpaired) electrons. The summed E-state index contributed by atoms with van der Waals surface area (Å²) >= 11 is 0.